The minimum Gasteiger partial charge on any atom is -0.350 e. The number of ether oxygens (including phenoxy) is 2. The van der Waals surface area contributed by atoms with Gasteiger partial charge in [-0.1, -0.05) is 0 Å². The maximum atomic E-state index is 12.4. The van der Waals surface area contributed by atoms with E-state index in [1.54, 1.807) is 6.07 Å². The van der Waals surface area contributed by atoms with Crippen molar-refractivity contribution in [2.45, 2.75) is 30.8 Å². The highest BCUT2D eigenvalue weighted by Gasteiger charge is 2.52. The Morgan fingerprint density at radius 1 is 1.20 bits per heavy atom. The highest BCUT2D eigenvalue weighted by molar-refractivity contribution is 7.91. The number of sulfonamides is 1. The minimum absolute atomic E-state index is 0.172. The highest BCUT2D eigenvalue weighted by atomic mass is 32.2. The van der Waals surface area contributed by atoms with E-state index in [0.29, 0.717) is 30.5 Å². The van der Waals surface area contributed by atoms with Gasteiger partial charge in [0.25, 0.3) is 10.0 Å². The van der Waals surface area contributed by atoms with E-state index in [9.17, 15) is 8.42 Å². The van der Waals surface area contributed by atoms with Crippen molar-refractivity contribution in [3.8, 4) is 0 Å². The van der Waals surface area contributed by atoms with Gasteiger partial charge in [0, 0.05) is 23.4 Å². The maximum absolute atomic E-state index is 12.4. The molecule has 3 heterocycles. The third-order valence-corrected chi connectivity index (χ3v) is 7.05. The van der Waals surface area contributed by atoms with Crippen molar-refractivity contribution in [2.75, 3.05) is 26.3 Å². The molecule has 2 saturated heterocycles. The molecule has 1 aromatic rings. The van der Waals surface area contributed by atoms with Crippen molar-refractivity contribution < 1.29 is 17.9 Å². The summed E-state index contributed by atoms with van der Waals surface area (Å²) in [6.07, 6.45) is 0. The SMILES string of the molecule is Cc1ccc(S(=O)(=O)N2CC3(COC(C)(C)OC3)C2)s1. The monoisotopic (exact) mass is 317 g/mol. The normalized spacial score (nSPS) is 25.6. The molecule has 2 fully saturated rings. The summed E-state index contributed by atoms with van der Waals surface area (Å²) in [6, 6.07) is 3.51. The van der Waals surface area contributed by atoms with E-state index in [2.05, 4.69) is 0 Å². The summed E-state index contributed by atoms with van der Waals surface area (Å²) >= 11 is 1.31. The molecule has 112 valence electrons. The molecule has 0 aromatic carbocycles. The van der Waals surface area contributed by atoms with E-state index < -0.39 is 15.8 Å². The van der Waals surface area contributed by atoms with Crippen LogP contribution in [0.4, 0.5) is 0 Å². The van der Waals surface area contributed by atoms with Gasteiger partial charge in [0.05, 0.1) is 13.2 Å². The van der Waals surface area contributed by atoms with Gasteiger partial charge >= 0.3 is 0 Å². The third kappa shape index (κ3) is 2.42. The van der Waals surface area contributed by atoms with E-state index in [0.717, 1.165) is 4.88 Å². The van der Waals surface area contributed by atoms with Gasteiger partial charge in [0.15, 0.2) is 5.79 Å². The van der Waals surface area contributed by atoms with Gasteiger partial charge in [-0.25, -0.2) is 8.42 Å². The van der Waals surface area contributed by atoms with Crippen molar-refractivity contribution >= 4 is 21.4 Å². The molecule has 0 radical (unpaired) electrons. The lowest BCUT2D eigenvalue weighted by atomic mass is 9.82. The zero-order chi connectivity index (χ0) is 14.6. The fourth-order valence-electron chi connectivity index (χ4n) is 2.47. The lowest BCUT2D eigenvalue weighted by Gasteiger charge is -2.53. The topological polar surface area (TPSA) is 55.8 Å². The smallest absolute Gasteiger partial charge is 0.252 e. The summed E-state index contributed by atoms with van der Waals surface area (Å²) in [5.41, 5.74) is -0.172. The average molecular weight is 317 g/mol. The summed E-state index contributed by atoms with van der Waals surface area (Å²) < 4.78 is 38.1. The first-order chi connectivity index (χ1) is 9.23. The highest BCUT2D eigenvalue weighted by Crippen LogP contribution is 2.40. The molecule has 0 atom stereocenters. The van der Waals surface area contributed by atoms with Crippen LogP contribution in [-0.4, -0.2) is 44.8 Å². The van der Waals surface area contributed by atoms with E-state index in [-0.39, 0.29) is 5.41 Å². The van der Waals surface area contributed by atoms with Crippen LogP contribution in [0, 0.1) is 12.3 Å². The summed E-state index contributed by atoms with van der Waals surface area (Å²) in [6.45, 7) is 7.71. The Morgan fingerprint density at radius 2 is 1.80 bits per heavy atom. The Morgan fingerprint density at radius 3 is 2.30 bits per heavy atom. The molecular formula is C13H19NO4S2. The largest absolute Gasteiger partial charge is 0.350 e. The van der Waals surface area contributed by atoms with Crippen molar-refractivity contribution in [2.24, 2.45) is 5.41 Å². The molecule has 1 spiro atoms. The zero-order valence-corrected chi connectivity index (χ0v) is 13.5. The van der Waals surface area contributed by atoms with Crippen LogP contribution in [0.5, 0.6) is 0 Å². The fraction of sp³-hybridized carbons (Fsp3) is 0.692. The molecule has 0 N–H and O–H groups in total. The predicted octanol–water partition coefficient (Wildman–Crippen LogP) is 1.83. The summed E-state index contributed by atoms with van der Waals surface area (Å²) in [4.78, 5) is 1.00. The van der Waals surface area contributed by atoms with Crippen LogP contribution in [0.25, 0.3) is 0 Å². The molecule has 0 aliphatic carbocycles. The summed E-state index contributed by atoms with van der Waals surface area (Å²) in [5.74, 6) is -0.560. The number of nitrogens with zero attached hydrogens (tertiary/aromatic N) is 1. The Labute approximate surface area is 123 Å². The molecule has 2 aliphatic heterocycles. The molecule has 3 rings (SSSR count). The van der Waals surface area contributed by atoms with Crippen LogP contribution in [0.2, 0.25) is 0 Å². The van der Waals surface area contributed by atoms with Gasteiger partial charge in [0.1, 0.15) is 4.21 Å². The predicted molar refractivity (Wildman–Crippen MR) is 76.2 cm³/mol. The van der Waals surface area contributed by atoms with Gasteiger partial charge in [-0.15, -0.1) is 11.3 Å². The first kappa shape index (κ1) is 14.5. The molecule has 2 aliphatic rings. The minimum atomic E-state index is -3.34. The zero-order valence-electron chi connectivity index (χ0n) is 11.9. The second kappa shape index (κ2) is 4.51. The van der Waals surface area contributed by atoms with E-state index in [1.807, 2.05) is 26.8 Å². The lowest BCUT2D eigenvalue weighted by Crippen LogP contribution is -2.65. The fourth-order valence-corrected chi connectivity index (χ4v) is 5.57. The summed E-state index contributed by atoms with van der Waals surface area (Å²) in [7, 11) is -3.34. The van der Waals surface area contributed by atoms with E-state index in [1.165, 1.54) is 15.6 Å². The Hall–Kier alpha value is -0.470. The average Bonchev–Trinajstić information content (AvgIpc) is 2.74. The Balaban J connectivity index is 1.69. The van der Waals surface area contributed by atoms with Gasteiger partial charge in [-0.3, -0.25) is 0 Å². The summed E-state index contributed by atoms with van der Waals surface area (Å²) in [5, 5.41) is 0. The molecular weight excluding hydrogens is 298 g/mol. The van der Waals surface area contributed by atoms with Crippen LogP contribution in [0.3, 0.4) is 0 Å². The van der Waals surface area contributed by atoms with Crippen molar-refractivity contribution in [1.29, 1.82) is 0 Å². The van der Waals surface area contributed by atoms with Crippen molar-refractivity contribution in [1.82, 2.24) is 4.31 Å². The first-order valence-corrected chi connectivity index (χ1v) is 8.83. The molecule has 7 heteroatoms. The van der Waals surface area contributed by atoms with E-state index >= 15 is 0 Å². The second-order valence-corrected chi connectivity index (χ2v) is 9.57. The van der Waals surface area contributed by atoms with Gasteiger partial charge in [0.2, 0.25) is 0 Å². The molecule has 0 bridgehead atoms. The van der Waals surface area contributed by atoms with Gasteiger partial charge in [-0.05, 0) is 32.9 Å². The molecule has 0 amide bonds. The number of hydrogen-bond donors (Lipinski definition) is 0. The van der Waals surface area contributed by atoms with Gasteiger partial charge in [-0.2, -0.15) is 4.31 Å². The second-order valence-electron chi connectivity index (χ2n) is 6.12. The van der Waals surface area contributed by atoms with Crippen LogP contribution in [-0.2, 0) is 19.5 Å². The van der Waals surface area contributed by atoms with Crippen molar-refractivity contribution in [3.05, 3.63) is 17.0 Å². The number of aryl methyl sites for hydroxylation is 1. The number of rotatable bonds is 2. The number of hydrogen-bond acceptors (Lipinski definition) is 5. The number of thiophene rings is 1. The Bertz CT molecular complexity index is 602. The first-order valence-electron chi connectivity index (χ1n) is 6.57. The third-order valence-electron chi connectivity index (χ3n) is 3.79. The lowest BCUT2D eigenvalue weighted by molar-refractivity contribution is -0.299. The molecule has 20 heavy (non-hydrogen) atoms. The molecule has 5 nitrogen and oxygen atoms in total. The Kier molecular flexibility index (Phi) is 3.26. The molecule has 1 aromatic heterocycles. The van der Waals surface area contributed by atoms with Gasteiger partial charge < -0.3 is 9.47 Å². The van der Waals surface area contributed by atoms with Crippen molar-refractivity contribution in [3.63, 3.8) is 0 Å². The van der Waals surface area contributed by atoms with Crippen LogP contribution in [0.15, 0.2) is 16.3 Å². The van der Waals surface area contributed by atoms with E-state index in [4.69, 9.17) is 9.47 Å². The molecule has 0 saturated carbocycles. The van der Waals surface area contributed by atoms with Crippen LogP contribution >= 0.6 is 11.3 Å². The standard InChI is InChI=1S/C13H19NO4S2/c1-10-4-5-11(19-10)20(15,16)14-6-13(7-14)8-17-12(2,3)18-9-13/h4-5H,6-9H2,1-3H3. The maximum Gasteiger partial charge on any atom is 0.252 e. The quantitative estimate of drug-likeness (QED) is 0.835. The van der Waals surface area contributed by atoms with Crippen LogP contribution in [0.1, 0.15) is 18.7 Å². The van der Waals surface area contributed by atoms with Crippen LogP contribution < -0.4 is 0 Å². The molecule has 0 unspecified atom stereocenters.